The molecule has 97 heavy (non-hydrogen) atoms. The molecule has 0 bridgehead atoms. The lowest BCUT2D eigenvalue weighted by Crippen LogP contribution is -2.65. The lowest BCUT2D eigenvalue weighted by atomic mass is 9.78. The normalized spacial score (nSPS) is 32.3. The maximum absolute atomic E-state index is 15.3. The summed E-state index contributed by atoms with van der Waals surface area (Å²) in [7, 11) is 6.58. The van der Waals surface area contributed by atoms with Crippen molar-refractivity contribution in [1.82, 2.24) is 55.6 Å². The van der Waals surface area contributed by atoms with Gasteiger partial charge in [-0.2, -0.15) is 26.3 Å². The average Bonchev–Trinajstić information content (AvgIpc) is 1.77. The highest BCUT2D eigenvalue weighted by Crippen LogP contribution is 2.44. The van der Waals surface area contributed by atoms with Crippen LogP contribution in [-0.4, -0.2) is 232 Å². The second-order valence-electron chi connectivity index (χ2n) is 29.6. The zero-order chi connectivity index (χ0) is 72.5. The topological polar surface area (TPSA) is 259 Å². The largest absolute Gasteiger partial charge is 0.409 e. The number of carbonyl (C=O) groups excluding carboxylic acids is 11. The smallest absolute Gasteiger partial charge is 0.343 e. The van der Waals surface area contributed by atoms with E-state index in [2.05, 4.69) is 22.9 Å². The summed E-state index contributed by atoms with van der Waals surface area (Å²) in [5.74, 6) is -12.4. The first-order valence-electron chi connectivity index (χ1n) is 35.2. The van der Waals surface area contributed by atoms with Gasteiger partial charge in [0.05, 0.1) is 18.9 Å². The number of hydrogen-bond acceptors (Lipinski definition) is 11. The van der Waals surface area contributed by atoms with Crippen LogP contribution < -0.4 is 21.3 Å². The monoisotopic (exact) mass is 1400 g/mol. The van der Waals surface area contributed by atoms with Crippen molar-refractivity contribution in [3.63, 3.8) is 0 Å². The third-order valence-electron chi connectivity index (χ3n) is 22.2. The van der Waals surface area contributed by atoms with Crippen molar-refractivity contribution >= 4 is 76.6 Å². The van der Waals surface area contributed by atoms with Crippen molar-refractivity contribution in [2.45, 2.75) is 268 Å². The molecule has 1 spiro atoms. The Balaban J connectivity index is 1.40. The van der Waals surface area contributed by atoms with Gasteiger partial charge < -0.3 is 55.6 Å². The molecule has 3 aliphatic heterocycles. The molecule has 3 saturated carbocycles. The van der Waals surface area contributed by atoms with Crippen LogP contribution in [0, 0.1) is 41.4 Å². The van der Waals surface area contributed by atoms with Gasteiger partial charge in [0, 0.05) is 53.7 Å². The number of nitrogens with zero attached hydrogens (tertiary/aromatic N) is 7. The third-order valence-corrected chi connectivity index (χ3v) is 22.7. The van der Waals surface area contributed by atoms with Gasteiger partial charge in [0.25, 0.3) is 0 Å². The van der Waals surface area contributed by atoms with Crippen LogP contribution in [-0.2, 0) is 52.7 Å². The molecule has 3 aliphatic carbocycles. The van der Waals surface area contributed by atoms with Crippen LogP contribution in [0.1, 0.15) is 190 Å². The molecule has 11 amide bonds. The SMILES string of the molecule is CC[C@H](C)[C@@H]1NC(=O)[C@H](CC(C)C)N(C)C(=O)C[C@@H](C(F)(F)F)NC(=O)[C@H]([C@@H](C)CC)N(C)C(=O)C2(CCCC2)NC(=O)[C@@H]2CCCN2C(=O)[C@H](CCC2CCC(C(F)(F)F)C(Cl)C2)NC(=O)CN(C)C(=O)[C@H](CC2CCC(C)CC2)N(C)C(=O)[C@@H]2CCN2C(=O)[C@H](C)N(C)C1=O. The predicted molar refractivity (Wildman–Crippen MR) is 350 cm³/mol. The Bertz CT molecular complexity index is 2820. The molecule has 0 aromatic rings. The Morgan fingerprint density at radius 1 is 0.577 bits per heavy atom. The minimum atomic E-state index is -5.26. The fraction of sp³-hybridized carbons (Fsp3) is 0.838. The summed E-state index contributed by atoms with van der Waals surface area (Å²) in [6.07, 6.45) is -5.96. The van der Waals surface area contributed by atoms with Gasteiger partial charge in [-0.3, -0.25) is 52.7 Å². The molecule has 29 heteroatoms. The molecule has 3 unspecified atom stereocenters. The first-order valence-corrected chi connectivity index (χ1v) is 35.6. The molecule has 14 atom stereocenters. The molecular formula is C68H108ClF6N11O11. The number of likely N-dealkylation sites (N-methyl/N-ethyl adjacent to an activating group) is 5. The first-order chi connectivity index (χ1) is 45.3. The fourth-order valence-electron chi connectivity index (χ4n) is 15.2. The highest BCUT2D eigenvalue weighted by Gasteiger charge is 2.53. The van der Waals surface area contributed by atoms with E-state index in [9.17, 15) is 56.3 Å². The molecule has 22 nitrogen and oxygen atoms in total. The van der Waals surface area contributed by atoms with Gasteiger partial charge in [0.15, 0.2) is 0 Å². The van der Waals surface area contributed by atoms with E-state index < -0.39 is 179 Å². The van der Waals surface area contributed by atoms with E-state index in [0.29, 0.717) is 25.2 Å². The van der Waals surface area contributed by atoms with Crippen molar-refractivity contribution in [3.8, 4) is 0 Å². The molecular weight excluding hydrogens is 1300 g/mol. The second-order valence-corrected chi connectivity index (χ2v) is 30.1. The van der Waals surface area contributed by atoms with Crippen molar-refractivity contribution in [1.29, 1.82) is 0 Å². The van der Waals surface area contributed by atoms with Gasteiger partial charge in [0.1, 0.15) is 59.9 Å². The zero-order valence-electron chi connectivity index (χ0n) is 59.1. The molecule has 3 heterocycles. The van der Waals surface area contributed by atoms with Gasteiger partial charge in [-0.15, -0.1) is 11.6 Å². The van der Waals surface area contributed by atoms with E-state index >= 15 is 22.8 Å². The minimum absolute atomic E-state index is 0.00191. The molecule has 550 valence electrons. The van der Waals surface area contributed by atoms with Gasteiger partial charge in [-0.1, -0.05) is 99.8 Å². The molecule has 6 fully saturated rings. The number of carbonyl (C=O) groups is 11. The Morgan fingerprint density at radius 2 is 1.19 bits per heavy atom. The average molecular weight is 1410 g/mol. The molecule has 6 aliphatic rings. The van der Waals surface area contributed by atoms with E-state index in [4.69, 9.17) is 11.6 Å². The summed E-state index contributed by atoms with van der Waals surface area (Å²) >= 11 is 6.36. The minimum Gasteiger partial charge on any atom is -0.343 e. The Hall–Kier alpha value is -5.96. The van der Waals surface area contributed by atoms with Crippen LogP contribution in [0.3, 0.4) is 0 Å². The fourth-order valence-corrected chi connectivity index (χ4v) is 15.7. The zero-order valence-corrected chi connectivity index (χ0v) is 59.8. The molecule has 6 rings (SSSR count). The van der Waals surface area contributed by atoms with Crippen LogP contribution in [0.15, 0.2) is 0 Å². The third kappa shape index (κ3) is 19.5. The van der Waals surface area contributed by atoms with Gasteiger partial charge in [-0.05, 0) is 119 Å². The molecule has 0 aromatic carbocycles. The van der Waals surface area contributed by atoms with E-state index in [0.717, 1.165) is 52.3 Å². The Kier molecular flexibility index (Phi) is 28.0. The maximum atomic E-state index is 15.3. The summed E-state index contributed by atoms with van der Waals surface area (Å²) in [4.78, 5) is 170. The van der Waals surface area contributed by atoms with Crippen molar-refractivity contribution in [2.24, 2.45) is 41.4 Å². The number of halogens is 7. The Labute approximate surface area is 573 Å². The predicted octanol–water partition coefficient (Wildman–Crippen LogP) is 6.93. The maximum Gasteiger partial charge on any atom is 0.409 e. The van der Waals surface area contributed by atoms with E-state index in [-0.39, 0.29) is 108 Å². The molecule has 0 aromatic heterocycles. The molecule has 4 N–H and O–H groups in total. The molecule has 3 saturated heterocycles. The van der Waals surface area contributed by atoms with E-state index in [1.54, 1.807) is 41.5 Å². The number of hydrogen-bond donors (Lipinski definition) is 4. The first kappa shape index (κ1) is 80.0. The number of nitrogens with one attached hydrogen (secondary N) is 4. The van der Waals surface area contributed by atoms with Gasteiger partial charge >= 0.3 is 12.4 Å². The summed E-state index contributed by atoms with van der Waals surface area (Å²) in [5, 5.41) is 9.17. The van der Waals surface area contributed by atoms with E-state index in [1.165, 1.54) is 49.8 Å². The number of fused-ring (bicyclic) bond motifs is 2. The van der Waals surface area contributed by atoms with E-state index in [1.807, 2.05) is 5.32 Å². The summed E-state index contributed by atoms with van der Waals surface area (Å²) in [5.41, 5.74) is -1.72. The van der Waals surface area contributed by atoms with Crippen LogP contribution >= 0.6 is 11.6 Å². The number of rotatable bonds is 11. The van der Waals surface area contributed by atoms with Crippen molar-refractivity contribution < 1.29 is 79.1 Å². The summed E-state index contributed by atoms with van der Waals surface area (Å²) < 4.78 is 87.8. The number of amides is 11. The molecule has 0 radical (unpaired) electrons. The van der Waals surface area contributed by atoms with Gasteiger partial charge in [-0.25, -0.2) is 0 Å². The van der Waals surface area contributed by atoms with Crippen LogP contribution in [0.25, 0.3) is 0 Å². The summed E-state index contributed by atoms with van der Waals surface area (Å²) in [6, 6.07) is -13.3. The lowest BCUT2D eigenvalue weighted by Gasteiger charge is -2.45. The highest BCUT2D eigenvalue weighted by molar-refractivity contribution is 6.20. The van der Waals surface area contributed by atoms with Crippen LogP contribution in [0.4, 0.5) is 26.3 Å². The highest BCUT2D eigenvalue weighted by atomic mass is 35.5. The van der Waals surface area contributed by atoms with Crippen LogP contribution in [0.2, 0.25) is 0 Å². The standard InChI is InChI=1S/C68H108ClF6N11O11/c1-14-40(6)55-64(96)81(10)42(8)60(92)86-32-28-49(86)63(95)83(12)51(35-44-22-20-39(5)21-23-44)62(94)80(9)37-53(87)76-47(27-25-43-24-26-45(46(69)34-43)67(70,71)72)61(93)85-31-18-19-48(85)58(90)79-66(29-16-17-30-66)65(97)84(13)56(41(7)15-2)59(91)77-52(68(73,74)75)36-54(88)82(11)50(33-38(3)4)57(89)78-55/h38-52,55-56H,14-37H2,1-13H3,(H,76,87)(H,77,91)(H,78,89)(H,79,90)/t39?,40-,41-,42-,43?,44?,45?,46?,47-,48-,49-,50-,51-,52-,55-,56-/m0/s1. The lowest BCUT2D eigenvalue weighted by molar-refractivity contribution is -0.182. The van der Waals surface area contributed by atoms with Gasteiger partial charge in [0.2, 0.25) is 65.0 Å². The quantitative estimate of drug-likeness (QED) is 0.122. The van der Waals surface area contributed by atoms with Crippen molar-refractivity contribution in [2.75, 3.05) is 54.9 Å². The van der Waals surface area contributed by atoms with Crippen LogP contribution in [0.5, 0.6) is 0 Å². The van der Waals surface area contributed by atoms with Crippen molar-refractivity contribution in [3.05, 3.63) is 0 Å². The summed E-state index contributed by atoms with van der Waals surface area (Å²) in [6.45, 7) is 13.2. The second kappa shape index (κ2) is 33.9. The number of alkyl halides is 7. The Morgan fingerprint density at radius 3 is 1.74 bits per heavy atom.